The van der Waals surface area contributed by atoms with E-state index in [1.54, 1.807) is 0 Å². The van der Waals surface area contributed by atoms with Gasteiger partial charge in [0.15, 0.2) is 5.16 Å². The summed E-state index contributed by atoms with van der Waals surface area (Å²) >= 11 is 7.49. The van der Waals surface area contributed by atoms with Gasteiger partial charge in [-0.15, -0.1) is 10.2 Å². The van der Waals surface area contributed by atoms with Crippen molar-refractivity contribution in [2.75, 3.05) is 36.8 Å². The van der Waals surface area contributed by atoms with Gasteiger partial charge in [-0.1, -0.05) is 29.4 Å². The Balaban J connectivity index is 1.51. The second-order valence-corrected chi connectivity index (χ2v) is 7.10. The van der Waals surface area contributed by atoms with Crippen molar-refractivity contribution in [2.24, 2.45) is 7.05 Å². The number of rotatable bonds is 4. The van der Waals surface area contributed by atoms with Gasteiger partial charge in [0, 0.05) is 43.9 Å². The summed E-state index contributed by atoms with van der Waals surface area (Å²) in [5.74, 6) is 1.38. The summed E-state index contributed by atoms with van der Waals surface area (Å²) in [6, 6.07) is 7.84. The summed E-state index contributed by atoms with van der Waals surface area (Å²) in [6.07, 6.45) is 0. The maximum absolute atomic E-state index is 12.4. The monoisotopic (exact) mass is 365 g/mol. The standard InChI is InChI=1S/C16H20ClN5OS/c1-12-18-19-16(20(12)2)24-11-15(23)22-8-6-21(7-9-22)14-5-3-4-13(17)10-14/h3-5,10H,6-9,11H2,1-2H3. The van der Waals surface area contributed by atoms with Crippen molar-refractivity contribution in [3.05, 3.63) is 35.1 Å². The normalized spacial score (nSPS) is 15.0. The number of thioether (sulfide) groups is 1. The highest BCUT2D eigenvalue weighted by Gasteiger charge is 2.22. The van der Waals surface area contributed by atoms with Crippen molar-refractivity contribution in [2.45, 2.75) is 12.1 Å². The first-order chi connectivity index (χ1) is 11.5. The molecule has 2 heterocycles. The van der Waals surface area contributed by atoms with Gasteiger partial charge in [-0.25, -0.2) is 0 Å². The molecule has 1 aliphatic heterocycles. The highest BCUT2D eigenvalue weighted by Crippen LogP contribution is 2.21. The van der Waals surface area contributed by atoms with E-state index in [9.17, 15) is 4.79 Å². The van der Waals surface area contributed by atoms with Crippen LogP contribution >= 0.6 is 23.4 Å². The Bertz CT molecular complexity index is 727. The van der Waals surface area contributed by atoms with Crippen molar-refractivity contribution in [1.82, 2.24) is 19.7 Å². The third-order valence-electron chi connectivity index (χ3n) is 4.18. The van der Waals surface area contributed by atoms with Gasteiger partial charge in [0.1, 0.15) is 5.82 Å². The molecule has 0 spiro atoms. The van der Waals surface area contributed by atoms with E-state index < -0.39 is 0 Å². The fraction of sp³-hybridized carbons (Fsp3) is 0.438. The van der Waals surface area contributed by atoms with E-state index in [2.05, 4.69) is 21.2 Å². The summed E-state index contributed by atoms with van der Waals surface area (Å²) in [5, 5.41) is 9.60. The lowest BCUT2D eigenvalue weighted by atomic mass is 10.2. The van der Waals surface area contributed by atoms with E-state index in [0.29, 0.717) is 5.75 Å². The van der Waals surface area contributed by atoms with Gasteiger partial charge in [0.05, 0.1) is 5.75 Å². The maximum atomic E-state index is 12.4. The van der Waals surface area contributed by atoms with E-state index >= 15 is 0 Å². The number of hydrogen-bond acceptors (Lipinski definition) is 5. The lowest BCUT2D eigenvalue weighted by Crippen LogP contribution is -2.49. The summed E-state index contributed by atoms with van der Waals surface area (Å²) in [5.41, 5.74) is 1.11. The molecule has 2 aromatic rings. The van der Waals surface area contributed by atoms with Crippen molar-refractivity contribution in [3.63, 3.8) is 0 Å². The zero-order valence-corrected chi connectivity index (χ0v) is 15.3. The van der Waals surface area contributed by atoms with Gasteiger partial charge in [-0.2, -0.15) is 0 Å². The highest BCUT2D eigenvalue weighted by molar-refractivity contribution is 7.99. The third-order valence-corrected chi connectivity index (χ3v) is 5.42. The summed E-state index contributed by atoms with van der Waals surface area (Å²) in [6.45, 7) is 4.99. The smallest absolute Gasteiger partial charge is 0.233 e. The molecule has 1 amide bonds. The molecule has 8 heteroatoms. The molecular weight excluding hydrogens is 346 g/mol. The highest BCUT2D eigenvalue weighted by atomic mass is 35.5. The fourth-order valence-corrected chi connectivity index (χ4v) is 3.66. The molecule has 0 bridgehead atoms. The Hall–Kier alpha value is -1.73. The third kappa shape index (κ3) is 3.84. The second kappa shape index (κ2) is 7.44. The molecule has 1 aromatic carbocycles. The number of piperazine rings is 1. The van der Waals surface area contributed by atoms with Crippen LogP contribution in [0.4, 0.5) is 5.69 Å². The zero-order chi connectivity index (χ0) is 17.1. The molecule has 0 N–H and O–H groups in total. The molecule has 0 unspecified atom stereocenters. The molecule has 1 saturated heterocycles. The van der Waals surface area contributed by atoms with Crippen molar-refractivity contribution in [3.8, 4) is 0 Å². The van der Waals surface area contributed by atoms with Crippen molar-refractivity contribution in [1.29, 1.82) is 0 Å². The lowest BCUT2D eigenvalue weighted by molar-refractivity contribution is -0.128. The summed E-state index contributed by atoms with van der Waals surface area (Å²) in [7, 11) is 1.91. The maximum Gasteiger partial charge on any atom is 0.233 e. The molecule has 3 rings (SSSR count). The molecule has 24 heavy (non-hydrogen) atoms. The molecule has 128 valence electrons. The van der Waals surface area contributed by atoms with Gasteiger partial charge < -0.3 is 14.4 Å². The van der Waals surface area contributed by atoms with Crippen molar-refractivity contribution < 1.29 is 4.79 Å². The van der Waals surface area contributed by atoms with Gasteiger partial charge in [0.25, 0.3) is 0 Å². The predicted molar refractivity (Wildman–Crippen MR) is 96.7 cm³/mol. The SMILES string of the molecule is Cc1nnc(SCC(=O)N2CCN(c3cccc(Cl)c3)CC2)n1C. The molecule has 0 atom stereocenters. The minimum atomic E-state index is 0.145. The van der Waals surface area contributed by atoms with Crippen LogP contribution in [0.3, 0.4) is 0 Å². The van der Waals surface area contributed by atoms with E-state index in [1.165, 1.54) is 11.8 Å². The Morgan fingerprint density at radius 1 is 1.25 bits per heavy atom. The van der Waals surface area contributed by atoms with Crippen LogP contribution in [0.25, 0.3) is 0 Å². The Morgan fingerprint density at radius 2 is 2.00 bits per heavy atom. The molecule has 0 aliphatic carbocycles. The first-order valence-electron chi connectivity index (χ1n) is 7.81. The van der Waals surface area contributed by atoms with E-state index in [0.717, 1.165) is 47.9 Å². The van der Waals surface area contributed by atoms with Gasteiger partial charge in [-0.3, -0.25) is 4.79 Å². The first kappa shape index (κ1) is 17.1. The molecule has 1 fully saturated rings. The summed E-state index contributed by atoms with van der Waals surface area (Å²) < 4.78 is 1.90. The molecular formula is C16H20ClN5OS. The van der Waals surface area contributed by atoms with E-state index in [4.69, 9.17) is 11.6 Å². The number of halogens is 1. The van der Waals surface area contributed by atoms with Crippen LogP contribution < -0.4 is 4.90 Å². The zero-order valence-electron chi connectivity index (χ0n) is 13.8. The molecule has 0 radical (unpaired) electrons. The van der Waals surface area contributed by atoms with Crippen LogP contribution in [0, 0.1) is 6.92 Å². The topological polar surface area (TPSA) is 54.3 Å². The second-order valence-electron chi connectivity index (χ2n) is 5.73. The van der Waals surface area contributed by atoms with Gasteiger partial charge in [0.2, 0.25) is 5.91 Å². The van der Waals surface area contributed by atoms with Crippen LogP contribution in [0.2, 0.25) is 5.02 Å². The molecule has 0 saturated carbocycles. The number of aryl methyl sites for hydroxylation is 1. The largest absolute Gasteiger partial charge is 0.368 e. The number of amides is 1. The summed E-state index contributed by atoms with van der Waals surface area (Å²) in [4.78, 5) is 16.6. The number of benzene rings is 1. The first-order valence-corrected chi connectivity index (χ1v) is 9.18. The Kier molecular flexibility index (Phi) is 5.30. The van der Waals surface area contributed by atoms with Crippen molar-refractivity contribution >= 4 is 35.0 Å². The van der Waals surface area contributed by atoms with Crippen LogP contribution in [-0.2, 0) is 11.8 Å². The molecule has 1 aromatic heterocycles. The number of nitrogens with zero attached hydrogens (tertiary/aromatic N) is 5. The van der Waals surface area contributed by atoms with Crippen LogP contribution in [0.5, 0.6) is 0 Å². The fourth-order valence-electron chi connectivity index (χ4n) is 2.62. The van der Waals surface area contributed by atoms with Gasteiger partial charge in [-0.05, 0) is 25.1 Å². The predicted octanol–water partition coefficient (Wildman–Crippen LogP) is 2.22. The number of anilines is 1. The molecule has 6 nitrogen and oxygen atoms in total. The number of aromatic nitrogens is 3. The van der Waals surface area contributed by atoms with Crippen LogP contribution in [0.15, 0.2) is 29.4 Å². The number of hydrogen-bond donors (Lipinski definition) is 0. The average molecular weight is 366 g/mol. The van der Waals surface area contributed by atoms with Crippen LogP contribution in [0.1, 0.15) is 5.82 Å². The number of carbonyl (C=O) groups is 1. The Morgan fingerprint density at radius 3 is 2.62 bits per heavy atom. The quantitative estimate of drug-likeness (QED) is 0.777. The Labute approximate surface area is 150 Å². The van der Waals surface area contributed by atoms with E-state index in [-0.39, 0.29) is 5.91 Å². The van der Waals surface area contributed by atoms with Gasteiger partial charge >= 0.3 is 0 Å². The lowest BCUT2D eigenvalue weighted by Gasteiger charge is -2.36. The minimum absolute atomic E-state index is 0.145. The average Bonchev–Trinajstić information content (AvgIpc) is 2.92. The van der Waals surface area contributed by atoms with Crippen LogP contribution in [-0.4, -0.2) is 57.5 Å². The number of carbonyl (C=O) groups excluding carboxylic acids is 1. The minimum Gasteiger partial charge on any atom is -0.368 e. The molecule has 1 aliphatic rings. The van der Waals surface area contributed by atoms with E-state index in [1.807, 2.05) is 41.6 Å².